The van der Waals surface area contributed by atoms with Gasteiger partial charge in [0.15, 0.2) is 5.82 Å². The molecule has 0 amide bonds. The highest BCUT2D eigenvalue weighted by molar-refractivity contribution is 6.20. The minimum absolute atomic E-state index is 0.177. The van der Waals surface area contributed by atoms with Gasteiger partial charge in [-0.05, 0) is 24.6 Å². The molecule has 1 aromatic carbocycles. The van der Waals surface area contributed by atoms with Crippen LogP contribution in [0, 0.1) is 11.6 Å². The molecule has 3 aliphatic rings. The van der Waals surface area contributed by atoms with Crippen LogP contribution in [0.1, 0.15) is 12.0 Å². The van der Waals surface area contributed by atoms with Crippen molar-refractivity contribution in [2.45, 2.75) is 12.5 Å². The first kappa shape index (κ1) is 15.9. The van der Waals surface area contributed by atoms with Gasteiger partial charge in [-0.1, -0.05) is 0 Å². The maximum absolute atomic E-state index is 14.4. The lowest BCUT2D eigenvalue weighted by molar-refractivity contribution is 0.559. The van der Waals surface area contributed by atoms with E-state index in [2.05, 4.69) is 15.4 Å². The molecular weight excluding hydrogens is 352 g/mol. The molecule has 8 heteroatoms. The van der Waals surface area contributed by atoms with Gasteiger partial charge in [-0.3, -0.25) is 25.2 Å². The van der Waals surface area contributed by atoms with Gasteiger partial charge in [-0.15, -0.1) is 0 Å². The number of fused-ring (bicyclic) bond motifs is 2. The second kappa shape index (κ2) is 5.60. The van der Waals surface area contributed by atoms with Gasteiger partial charge in [0.05, 0.1) is 40.6 Å². The number of halogens is 2. The SMILES string of the molecule is Cn1ccc2c(c1=O)C1=NCCC3C1=C(C=N2)NN3c1ccc(F)cc1F. The van der Waals surface area contributed by atoms with Crippen LogP contribution in [-0.2, 0) is 7.05 Å². The third-order valence-corrected chi connectivity index (χ3v) is 5.09. The Balaban J connectivity index is 1.66. The second-order valence-corrected chi connectivity index (χ2v) is 6.69. The molecule has 0 radical (unpaired) electrons. The number of aromatic nitrogens is 1. The molecule has 4 heterocycles. The molecule has 1 unspecified atom stereocenters. The minimum atomic E-state index is -0.655. The summed E-state index contributed by atoms with van der Waals surface area (Å²) in [6.07, 6.45) is 3.95. The van der Waals surface area contributed by atoms with E-state index in [1.54, 1.807) is 30.5 Å². The summed E-state index contributed by atoms with van der Waals surface area (Å²) in [5, 5.41) is 1.67. The minimum Gasteiger partial charge on any atom is -0.318 e. The third-order valence-electron chi connectivity index (χ3n) is 5.09. The van der Waals surface area contributed by atoms with E-state index in [1.807, 2.05) is 0 Å². The maximum Gasteiger partial charge on any atom is 0.261 e. The fourth-order valence-electron chi connectivity index (χ4n) is 3.82. The first-order valence-corrected chi connectivity index (χ1v) is 8.58. The molecule has 1 atom stereocenters. The number of aryl methyl sites for hydroxylation is 1. The van der Waals surface area contributed by atoms with Gasteiger partial charge >= 0.3 is 0 Å². The average molecular weight is 367 g/mol. The van der Waals surface area contributed by atoms with E-state index in [0.717, 1.165) is 11.6 Å². The summed E-state index contributed by atoms with van der Waals surface area (Å²) in [4.78, 5) is 21.8. The van der Waals surface area contributed by atoms with Gasteiger partial charge in [0.1, 0.15) is 5.82 Å². The molecule has 27 heavy (non-hydrogen) atoms. The molecule has 3 aliphatic heterocycles. The summed E-state index contributed by atoms with van der Waals surface area (Å²) in [6, 6.07) is 5.03. The summed E-state index contributed by atoms with van der Waals surface area (Å²) in [7, 11) is 1.68. The third kappa shape index (κ3) is 2.26. The first-order valence-electron chi connectivity index (χ1n) is 8.58. The average Bonchev–Trinajstić information content (AvgIpc) is 2.93. The van der Waals surface area contributed by atoms with E-state index in [4.69, 9.17) is 0 Å². The number of hydrazine groups is 1. The van der Waals surface area contributed by atoms with E-state index >= 15 is 0 Å². The lowest BCUT2D eigenvalue weighted by Gasteiger charge is -2.31. The van der Waals surface area contributed by atoms with Crippen LogP contribution >= 0.6 is 0 Å². The number of aliphatic imine (C=N–C) groups is 2. The number of hydrogen-bond acceptors (Lipinski definition) is 5. The molecule has 136 valence electrons. The van der Waals surface area contributed by atoms with Crippen LogP contribution in [-0.4, -0.2) is 29.1 Å². The van der Waals surface area contributed by atoms with Crippen LogP contribution in [0.4, 0.5) is 20.2 Å². The van der Waals surface area contributed by atoms with Crippen LogP contribution < -0.4 is 16.0 Å². The smallest absolute Gasteiger partial charge is 0.261 e. The molecule has 1 aromatic heterocycles. The number of rotatable bonds is 1. The highest BCUT2D eigenvalue weighted by Crippen LogP contribution is 2.37. The van der Waals surface area contributed by atoms with E-state index in [9.17, 15) is 13.6 Å². The van der Waals surface area contributed by atoms with Crippen LogP contribution in [0.25, 0.3) is 0 Å². The van der Waals surface area contributed by atoms with Crippen molar-refractivity contribution in [2.24, 2.45) is 17.0 Å². The molecular formula is C19H15F2N5O. The number of allylic oxidation sites excluding steroid dienone is 1. The molecule has 1 N–H and O–H groups in total. The molecule has 2 aromatic rings. The summed E-state index contributed by atoms with van der Waals surface area (Å²) >= 11 is 0. The van der Waals surface area contributed by atoms with E-state index in [0.29, 0.717) is 35.6 Å². The van der Waals surface area contributed by atoms with Gasteiger partial charge in [0.25, 0.3) is 5.56 Å². The zero-order chi connectivity index (χ0) is 18.7. The highest BCUT2D eigenvalue weighted by Gasteiger charge is 2.40. The number of anilines is 1. The first-order chi connectivity index (χ1) is 13.0. The van der Waals surface area contributed by atoms with Crippen molar-refractivity contribution in [1.29, 1.82) is 0 Å². The molecule has 0 saturated carbocycles. The maximum atomic E-state index is 14.4. The number of nitrogens with zero attached hydrogens (tertiary/aromatic N) is 4. The van der Waals surface area contributed by atoms with Crippen molar-refractivity contribution in [2.75, 3.05) is 11.6 Å². The summed E-state index contributed by atoms with van der Waals surface area (Å²) in [5.41, 5.74) is 6.31. The van der Waals surface area contributed by atoms with Crippen molar-refractivity contribution >= 4 is 23.3 Å². The number of pyridine rings is 1. The monoisotopic (exact) mass is 367 g/mol. The topological polar surface area (TPSA) is 62.0 Å². The molecule has 0 saturated heterocycles. The lowest BCUT2D eigenvalue weighted by Crippen LogP contribution is -2.43. The zero-order valence-corrected chi connectivity index (χ0v) is 14.4. The Morgan fingerprint density at radius 3 is 2.93 bits per heavy atom. The molecule has 6 nitrogen and oxygen atoms in total. The van der Waals surface area contributed by atoms with Crippen LogP contribution in [0.5, 0.6) is 0 Å². The van der Waals surface area contributed by atoms with E-state index in [1.165, 1.54) is 16.7 Å². The van der Waals surface area contributed by atoms with Crippen molar-refractivity contribution < 1.29 is 8.78 Å². The van der Waals surface area contributed by atoms with Crippen LogP contribution in [0.15, 0.2) is 56.5 Å². The summed E-state index contributed by atoms with van der Waals surface area (Å²) in [5.74, 6) is -1.28. The number of benzene rings is 1. The second-order valence-electron chi connectivity index (χ2n) is 6.69. The number of nitrogens with one attached hydrogen (secondary N) is 1. The molecule has 0 bridgehead atoms. The molecule has 0 fully saturated rings. The predicted molar refractivity (Wildman–Crippen MR) is 98.6 cm³/mol. The normalized spacial score (nSPS) is 20.0. The summed E-state index contributed by atoms with van der Waals surface area (Å²) < 4.78 is 29.2. The Morgan fingerprint density at radius 1 is 1.26 bits per heavy atom. The van der Waals surface area contributed by atoms with E-state index in [-0.39, 0.29) is 17.3 Å². The Bertz CT molecular complexity index is 1130. The Morgan fingerprint density at radius 2 is 2.11 bits per heavy atom. The van der Waals surface area contributed by atoms with Crippen molar-refractivity contribution in [3.63, 3.8) is 0 Å². The Hall–Kier alpha value is -3.29. The van der Waals surface area contributed by atoms with Gasteiger partial charge in [-0.2, -0.15) is 0 Å². The fraction of sp³-hybridized carbons (Fsp3) is 0.211. The van der Waals surface area contributed by atoms with E-state index < -0.39 is 11.6 Å². The quantitative estimate of drug-likeness (QED) is 0.841. The van der Waals surface area contributed by atoms with Gasteiger partial charge < -0.3 is 4.57 Å². The largest absolute Gasteiger partial charge is 0.318 e. The fourth-order valence-corrected chi connectivity index (χ4v) is 3.82. The highest BCUT2D eigenvalue weighted by atomic mass is 19.1. The van der Waals surface area contributed by atoms with Crippen LogP contribution in [0.2, 0.25) is 0 Å². The summed E-state index contributed by atoms with van der Waals surface area (Å²) in [6.45, 7) is 0.495. The van der Waals surface area contributed by atoms with Crippen LogP contribution in [0.3, 0.4) is 0 Å². The Labute approximate surface area is 153 Å². The Kier molecular flexibility index (Phi) is 3.30. The zero-order valence-electron chi connectivity index (χ0n) is 14.4. The number of hydrogen-bond donors (Lipinski definition) is 1. The van der Waals surface area contributed by atoms with Gasteiger partial charge in [0, 0.05) is 31.4 Å². The molecule has 5 rings (SSSR count). The van der Waals surface area contributed by atoms with Gasteiger partial charge in [-0.25, -0.2) is 8.78 Å². The van der Waals surface area contributed by atoms with Gasteiger partial charge in [0.2, 0.25) is 0 Å². The molecule has 0 spiro atoms. The lowest BCUT2D eigenvalue weighted by atomic mass is 9.91. The standard InChI is InChI=1S/C19H15F2N5O/c1-25-7-5-12-17(19(25)27)18-16-13(9-23-12)24-26(15(16)4-6-22-18)14-3-2-10(20)8-11(14)21/h2-3,5,7-9,15,24H,4,6H2,1H3. The van der Waals surface area contributed by atoms with Crippen molar-refractivity contribution in [3.05, 3.63) is 69.3 Å². The predicted octanol–water partition coefficient (Wildman–Crippen LogP) is 2.22. The van der Waals surface area contributed by atoms with Crippen molar-refractivity contribution in [3.8, 4) is 0 Å². The van der Waals surface area contributed by atoms with Crippen molar-refractivity contribution in [1.82, 2.24) is 9.99 Å². The molecule has 0 aliphatic carbocycles.